The third-order valence-corrected chi connectivity index (χ3v) is 7.03. The van der Waals surface area contributed by atoms with Crippen LogP contribution in [0.25, 0.3) is 10.2 Å². The lowest BCUT2D eigenvalue weighted by molar-refractivity contribution is -0.140. The topological polar surface area (TPSA) is 68.0 Å². The molecule has 5 heteroatoms. The maximum atomic E-state index is 13.1. The number of hydrogen-bond donors (Lipinski definition) is 2. The molecule has 6 rings (SSSR count). The molecule has 0 radical (unpaired) electrons. The van der Waals surface area contributed by atoms with Gasteiger partial charge in [-0.15, -0.1) is 0 Å². The maximum Gasteiger partial charge on any atom is 0.230 e. The van der Waals surface area contributed by atoms with Crippen molar-refractivity contribution in [2.45, 2.75) is 38.5 Å². The summed E-state index contributed by atoms with van der Waals surface area (Å²) in [6.07, 6.45) is 7.37. The third-order valence-electron chi connectivity index (χ3n) is 6.18. The average Bonchev–Trinajstić information content (AvgIpc) is 2.85. The van der Waals surface area contributed by atoms with E-state index in [4.69, 9.17) is 5.73 Å². The van der Waals surface area contributed by atoms with E-state index in [2.05, 4.69) is 10.3 Å². The first-order valence-corrected chi connectivity index (χ1v) is 9.39. The summed E-state index contributed by atoms with van der Waals surface area (Å²) in [6.45, 7) is 0. The molecule has 4 bridgehead atoms. The van der Waals surface area contributed by atoms with Gasteiger partial charge >= 0.3 is 0 Å². The summed E-state index contributed by atoms with van der Waals surface area (Å²) in [4.78, 5) is 17.3. The van der Waals surface area contributed by atoms with Crippen molar-refractivity contribution in [1.29, 1.82) is 0 Å². The number of nitrogens with zero attached hydrogens (tertiary/aromatic N) is 1. The molecule has 120 valence electrons. The van der Waals surface area contributed by atoms with Gasteiger partial charge in [-0.2, -0.15) is 0 Å². The van der Waals surface area contributed by atoms with E-state index >= 15 is 0 Å². The van der Waals surface area contributed by atoms with Crippen molar-refractivity contribution in [1.82, 2.24) is 4.98 Å². The molecular formula is C18H21N3OS. The number of nitrogens with two attached hydrogens (primary N) is 1. The average molecular weight is 327 g/mol. The highest BCUT2D eigenvalue weighted by molar-refractivity contribution is 7.22. The van der Waals surface area contributed by atoms with Crippen molar-refractivity contribution in [2.75, 3.05) is 11.1 Å². The molecule has 23 heavy (non-hydrogen) atoms. The summed E-state index contributed by atoms with van der Waals surface area (Å²) in [5.41, 5.74) is 7.44. The predicted molar refractivity (Wildman–Crippen MR) is 93.3 cm³/mol. The minimum atomic E-state index is -0.101. The van der Waals surface area contributed by atoms with Crippen molar-refractivity contribution >= 4 is 38.3 Å². The highest BCUT2D eigenvalue weighted by Gasteiger charge is 2.54. The number of nitrogen functional groups attached to an aromatic ring is 1. The predicted octanol–water partition coefficient (Wildman–Crippen LogP) is 4.03. The Morgan fingerprint density at radius 1 is 1.17 bits per heavy atom. The summed E-state index contributed by atoms with van der Waals surface area (Å²) in [5.74, 6) is 2.61. The van der Waals surface area contributed by atoms with Crippen molar-refractivity contribution in [3.8, 4) is 0 Å². The molecule has 4 nitrogen and oxygen atoms in total. The maximum absolute atomic E-state index is 13.1. The number of benzene rings is 1. The Morgan fingerprint density at radius 3 is 2.48 bits per heavy atom. The van der Waals surface area contributed by atoms with E-state index in [-0.39, 0.29) is 11.3 Å². The lowest BCUT2D eigenvalue weighted by Crippen LogP contribution is -2.51. The quantitative estimate of drug-likeness (QED) is 0.875. The molecule has 1 amide bonds. The van der Waals surface area contributed by atoms with Gasteiger partial charge < -0.3 is 11.1 Å². The van der Waals surface area contributed by atoms with E-state index in [0.717, 1.165) is 52.9 Å². The Kier molecular flexibility index (Phi) is 2.81. The van der Waals surface area contributed by atoms with Crippen molar-refractivity contribution in [3.63, 3.8) is 0 Å². The number of fused-ring (bicyclic) bond motifs is 1. The number of anilines is 2. The highest BCUT2D eigenvalue weighted by Crippen LogP contribution is 2.60. The number of aromatic nitrogens is 1. The van der Waals surface area contributed by atoms with E-state index in [1.54, 1.807) is 0 Å². The van der Waals surface area contributed by atoms with Gasteiger partial charge in [0.05, 0.1) is 15.6 Å². The van der Waals surface area contributed by atoms with Crippen LogP contribution in [0.15, 0.2) is 18.2 Å². The number of rotatable bonds is 2. The van der Waals surface area contributed by atoms with Crippen LogP contribution in [0.4, 0.5) is 10.8 Å². The second kappa shape index (κ2) is 4.69. The summed E-state index contributed by atoms with van der Waals surface area (Å²) in [7, 11) is 0. The van der Waals surface area contributed by atoms with Crippen LogP contribution in [-0.2, 0) is 4.79 Å². The summed E-state index contributed by atoms with van der Waals surface area (Å²) in [6, 6.07) is 5.89. The molecule has 1 aromatic heterocycles. The van der Waals surface area contributed by atoms with Crippen LogP contribution < -0.4 is 11.1 Å². The Morgan fingerprint density at radius 2 is 1.83 bits per heavy atom. The highest BCUT2D eigenvalue weighted by atomic mass is 32.1. The van der Waals surface area contributed by atoms with Gasteiger partial charge in [0.15, 0.2) is 5.13 Å². The van der Waals surface area contributed by atoms with Gasteiger partial charge in [0, 0.05) is 5.69 Å². The first-order valence-electron chi connectivity index (χ1n) is 8.57. The van der Waals surface area contributed by atoms with Gasteiger partial charge in [-0.1, -0.05) is 11.3 Å². The molecule has 4 saturated carbocycles. The second-order valence-electron chi connectivity index (χ2n) is 7.89. The minimum absolute atomic E-state index is 0.101. The summed E-state index contributed by atoms with van der Waals surface area (Å²) in [5, 5.41) is 3.77. The van der Waals surface area contributed by atoms with Crippen LogP contribution in [0.5, 0.6) is 0 Å². The normalized spacial score (nSPS) is 34.9. The van der Waals surface area contributed by atoms with Gasteiger partial charge in [0.1, 0.15) is 0 Å². The van der Waals surface area contributed by atoms with Gasteiger partial charge in [0.25, 0.3) is 0 Å². The molecule has 0 unspecified atom stereocenters. The molecule has 2 aromatic rings. The fourth-order valence-electron chi connectivity index (χ4n) is 5.67. The summed E-state index contributed by atoms with van der Waals surface area (Å²) < 4.78 is 1.03. The Labute approximate surface area is 139 Å². The lowest BCUT2D eigenvalue weighted by Gasteiger charge is -2.55. The molecule has 4 aliphatic rings. The number of nitrogens with one attached hydrogen (secondary N) is 1. The van der Waals surface area contributed by atoms with E-state index in [1.807, 2.05) is 18.2 Å². The van der Waals surface area contributed by atoms with Crippen LogP contribution in [0.2, 0.25) is 0 Å². The molecule has 0 saturated heterocycles. The van der Waals surface area contributed by atoms with E-state index in [9.17, 15) is 4.79 Å². The SMILES string of the molecule is Nc1nc2ccc(NC(=O)C34CC5CC(CC(C5)C3)C4)cc2s1. The van der Waals surface area contributed by atoms with E-state index in [0.29, 0.717) is 5.13 Å². The van der Waals surface area contributed by atoms with Crippen molar-refractivity contribution in [2.24, 2.45) is 23.2 Å². The smallest absolute Gasteiger partial charge is 0.230 e. The van der Waals surface area contributed by atoms with Gasteiger partial charge in [-0.3, -0.25) is 4.79 Å². The molecule has 0 spiro atoms. The fourth-order valence-corrected chi connectivity index (χ4v) is 6.45. The van der Waals surface area contributed by atoms with E-state index < -0.39 is 0 Å². The van der Waals surface area contributed by atoms with Crippen LogP contribution in [-0.4, -0.2) is 10.9 Å². The molecule has 3 N–H and O–H groups in total. The number of carbonyl (C=O) groups excluding carboxylic acids is 1. The first kappa shape index (κ1) is 13.8. The molecule has 4 aliphatic carbocycles. The second-order valence-corrected chi connectivity index (χ2v) is 8.95. The molecule has 4 fully saturated rings. The zero-order chi connectivity index (χ0) is 15.6. The van der Waals surface area contributed by atoms with Crippen LogP contribution in [0.1, 0.15) is 38.5 Å². The number of thiazole rings is 1. The zero-order valence-corrected chi connectivity index (χ0v) is 13.9. The molecular weight excluding hydrogens is 306 g/mol. The first-order chi connectivity index (χ1) is 11.1. The Bertz CT molecular complexity index is 761. The number of hydrogen-bond acceptors (Lipinski definition) is 4. The monoisotopic (exact) mass is 327 g/mol. The molecule has 0 aliphatic heterocycles. The van der Waals surface area contributed by atoms with Gasteiger partial charge in [0.2, 0.25) is 5.91 Å². The third kappa shape index (κ3) is 2.17. The molecule has 0 atom stereocenters. The van der Waals surface area contributed by atoms with Crippen LogP contribution in [0.3, 0.4) is 0 Å². The van der Waals surface area contributed by atoms with Crippen molar-refractivity contribution in [3.05, 3.63) is 18.2 Å². The molecule has 1 heterocycles. The largest absolute Gasteiger partial charge is 0.375 e. The van der Waals surface area contributed by atoms with Gasteiger partial charge in [-0.05, 0) is 74.5 Å². The zero-order valence-electron chi connectivity index (χ0n) is 13.0. The Balaban J connectivity index is 1.41. The Hall–Kier alpha value is -1.62. The van der Waals surface area contributed by atoms with E-state index in [1.165, 1.54) is 30.6 Å². The number of amides is 1. The number of carbonyl (C=O) groups is 1. The summed E-state index contributed by atoms with van der Waals surface area (Å²) >= 11 is 1.47. The molecule has 1 aromatic carbocycles. The lowest BCUT2D eigenvalue weighted by atomic mass is 9.49. The standard InChI is InChI=1S/C18H21N3OS/c19-17-21-14-2-1-13(6-15(14)23-17)20-16(22)18-7-10-3-11(8-18)5-12(4-10)9-18/h1-2,6,10-12H,3-5,7-9H2,(H2,19,21)(H,20,22). The van der Waals surface area contributed by atoms with Crippen LogP contribution in [0, 0.1) is 23.2 Å². The van der Waals surface area contributed by atoms with Crippen LogP contribution >= 0.6 is 11.3 Å². The van der Waals surface area contributed by atoms with Crippen molar-refractivity contribution < 1.29 is 4.79 Å². The van der Waals surface area contributed by atoms with Gasteiger partial charge in [-0.25, -0.2) is 4.98 Å². The fraction of sp³-hybridized carbons (Fsp3) is 0.556. The minimum Gasteiger partial charge on any atom is -0.375 e.